The number of methoxy groups -OCH3 is 1. The van der Waals surface area contributed by atoms with Gasteiger partial charge in [0.25, 0.3) is 0 Å². The fourth-order valence-electron chi connectivity index (χ4n) is 2.50. The lowest BCUT2D eigenvalue weighted by atomic mass is 9.68. The van der Waals surface area contributed by atoms with Crippen LogP contribution in [0.4, 0.5) is 0 Å². The largest absolute Gasteiger partial charge is 0.354 e. The summed E-state index contributed by atoms with van der Waals surface area (Å²) in [5, 5.41) is 0. The molecule has 0 aliphatic heterocycles. The number of hydrogen-bond donors (Lipinski definition) is 0. The average molecular weight is 240 g/mol. The number of hydrogen-bond acceptors (Lipinski definition) is 3. The second-order valence-electron chi connectivity index (χ2n) is 5.98. The summed E-state index contributed by atoms with van der Waals surface area (Å²) in [5.74, 6) is -0.598. The lowest BCUT2D eigenvalue weighted by molar-refractivity contribution is -0.220. The highest BCUT2D eigenvalue weighted by Gasteiger charge is 2.38. The number of rotatable bonds is 4. The molecule has 17 heavy (non-hydrogen) atoms. The molecule has 3 heteroatoms. The van der Waals surface area contributed by atoms with Crippen molar-refractivity contribution in [1.82, 2.24) is 0 Å². The second kappa shape index (κ2) is 4.91. The molecule has 0 amide bonds. The van der Waals surface area contributed by atoms with Gasteiger partial charge in [0.05, 0.1) is 6.10 Å². The second-order valence-corrected chi connectivity index (χ2v) is 5.98. The van der Waals surface area contributed by atoms with Gasteiger partial charge in [-0.1, -0.05) is 25.5 Å². The molecular formula is C14H24O3. The van der Waals surface area contributed by atoms with Crippen LogP contribution in [-0.2, 0) is 14.3 Å². The van der Waals surface area contributed by atoms with Crippen LogP contribution in [0.1, 0.15) is 41.0 Å². The zero-order valence-electron chi connectivity index (χ0n) is 11.7. The minimum atomic E-state index is -0.592. The van der Waals surface area contributed by atoms with Gasteiger partial charge in [-0.05, 0) is 32.6 Å². The zero-order chi connectivity index (χ0) is 13.3. The maximum atomic E-state index is 11.1. The van der Waals surface area contributed by atoms with Crippen molar-refractivity contribution in [3.63, 3.8) is 0 Å². The van der Waals surface area contributed by atoms with Crippen molar-refractivity contribution in [3.05, 3.63) is 11.6 Å². The van der Waals surface area contributed by atoms with Crippen LogP contribution in [0.3, 0.4) is 0 Å². The van der Waals surface area contributed by atoms with Crippen LogP contribution in [0, 0.1) is 11.3 Å². The number of aldehydes is 1. The Morgan fingerprint density at radius 3 is 2.47 bits per heavy atom. The van der Waals surface area contributed by atoms with Gasteiger partial charge < -0.3 is 14.3 Å². The molecular weight excluding hydrogens is 216 g/mol. The Bertz CT molecular complexity index is 315. The average Bonchev–Trinajstić information content (AvgIpc) is 2.15. The fourth-order valence-corrected chi connectivity index (χ4v) is 2.50. The van der Waals surface area contributed by atoms with E-state index in [1.807, 2.05) is 26.8 Å². The number of carbonyl (C=O) groups excluding carboxylic acids is 1. The Kier molecular flexibility index (Phi) is 4.15. The zero-order valence-corrected chi connectivity index (χ0v) is 11.7. The van der Waals surface area contributed by atoms with Crippen LogP contribution < -0.4 is 0 Å². The molecule has 1 rings (SSSR count). The summed E-state index contributed by atoms with van der Waals surface area (Å²) in [5.41, 5.74) is 1.03. The maximum Gasteiger partial charge on any atom is 0.163 e. The smallest absolute Gasteiger partial charge is 0.163 e. The van der Waals surface area contributed by atoms with E-state index >= 15 is 0 Å². The number of ether oxygens (including phenoxy) is 2. The Morgan fingerprint density at radius 2 is 2.06 bits per heavy atom. The van der Waals surface area contributed by atoms with E-state index in [0.717, 1.165) is 18.3 Å². The highest BCUT2D eigenvalue weighted by Crippen LogP contribution is 2.41. The Morgan fingerprint density at radius 1 is 1.47 bits per heavy atom. The minimum Gasteiger partial charge on any atom is -0.354 e. The number of allylic oxidation sites excluding steroid dienone is 1. The van der Waals surface area contributed by atoms with Gasteiger partial charge in [-0.15, -0.1) is 0 Å². The van der Waals surface area contributed by atoms with Crippen molar-refractivity contribution in [2.45, 2.75) is 52.9 Å². The van der Waals surface area contributed by atoms with Crippen LogP contribution in [0.15, 0.2) is 11.6 Å². The summed E-state index contributed by atoms with van der Waals surface area (Å²) in [6, 6.07) is 0. The van der Waals surface area contributed by atoms with Crippen LogP contribution in [0.5, 0.6) is 0 Å². The summed E-state index contributed by atoms with van der Waals surface area (Å²) >= 11 is 0. The van der Waals surface area contributed by atoms with Gasteiger partial charge >= 0.3 is 0 Å². The molecule has 1 aliphatic rings. The SMILES string of the molecule is COC(C)(C)O[C@H]1C=C(C)[C@H](C=O)C(C)(C)C1. The van der Waals surface area contributed by atoms with Gasteiger partial charge in [0, 0.05) is 13.0 Å². The third-order valence-electron chi connectivity index (χ3n) is 3.57. The van der Waals surface area contributed by atoms with Gasteiger partial charge in [-0.3, -0.25) is 0 Å². The molecule has 0 aromatic rings. The minimum absolute atomic E-state index is 0.00647. The molecule has 0 radical (unpaired) electrons. The van der Waals surface area contributed by atoms with Crippen LogP contribution in [0.2, 0.25) is 0 Å². The lowest BCUT2D eigenvalue weighted by Gasteiger charge is -2.40. The maximum absolute atomic E-state index is 11.1. The fraction of sp³-hybridized carbons (Fsp3) is 0.786. The molecule has 0 aromatic heterocycles. The van der Waals surface area contributed by atoms with Crippen LogP contribution in [-0.4, -0.2) is 25.3 Å². The summed E-state index contributed by atoms with van der Waals surface area (Å²) < 4.78 is 11.2. The van der Waals surface area contributed by atoms with E-state index in [9.17, 15) is 4.79 Å². The molecule has 0 bridgehead atoms. The molecule has 0 saturated carbocycles. The summed E-state index contributed by atoms with van der Waals surface area (Å²) in [7, 11) is 1.64. The first-order chi connectivity index (χ1) is 7.72. The molecule has 0 unspecified atom stereocenters. The van der Waals surface area contributed by atoms with Gasteiger partial charge in [0.2, 0.25) is 0 Å². The molecule has 0 spiro atoms. The van der Waals surface area contributed by atoms with Gasteiger partial charge in [0.1, 0.15) is 6.29 Å². The van der Waals surface area contributed by atoms with E-state index < -0.39 is 5.79 Å². The predicted octanol–water partition coefficient (Wildman–Crippen LogP) is 2.95. The molecule has 3 nitrogen and oxygen atoms in total. The highest BCUT2D eigenvalue weighted by atomic mass is 16.7. The standard InChI is InChI=1S/C14H24O3/c1-10-7-11(17-14(4,5)16-6)8-13(2,3)12(10)9-15/h7,9,11-12H,8H2,1-6H3/t11-,12-/m0/s1. The van der Waals surface area contributed by atoms with Gasteiger partial charge in [-0.2, -0.15) is 0 Å². The highest BCUT2D eigenvalue weighted by molar-refractivity contribution is 5.60. The Hall–Kier alpha value is -0.670. The summed E-state index contributed by atoms with van der Waals surface area (Å²) in [6.07, 6.45) is 3.94. The summed E-state index contributed by atoms with van der Waals surface area (Å²) in [4.78, 5) is 11.1. The third-order valence-corrected chi connectivity index (χ3v) is 3.57. The van der Waals surface area contributed by atoms with Crippen molar-refractivity contribution in [3.8, 4) is 0 Å². The van der Waals surface area contributed by atoms with Crippen LogP contribution in [0.25, 0.3) is 0 Å². The van der Waals surface area contributed by atoms with Crippen molar-refractivity contribution in [2.24, 2.45) is 11.3 Å². The summed E-state index contributed by atoms with van der Waals surface area (Å²) in [6.45, 7) is 10.0. The predicted molar refractivity (Wildman–Crippen MR) is 67.7 cm³/mol. The third kappa shape index (κ3) is 3.39. The van der Waals surface area contributed by atoms with Crippen molar-refractivity contribution in [1.29, 1.82) is 0 Å². The van der Waals surface area contributed by atoms with Crippen molar-refractivity contribution in [2.75, 3.05) is 7.11 Å². The van der Waals surface area contributed by atoms with Gasteiger partial charge in [-0.25, -0.2) is 0 Å². The Labute approximate surface area is 104 Å². The molecule has 0 saturated heterocycles. The Balaban J connectivity index is 2.86. The molecule has 2 atom stereocenters. The normalized spacial score (nSPS) is 28.7. The van der Waals surface area contributed by atoms with E-state index in [1.165, 1.54) is 0 Å². The van der Waals surface area contributed by atoms with E-state index in [-0.39, 0.29) is 17.4 Å². The van der Waals surface area contributed by atoms with Crippen molar-refractivity contribution >= 4 is 6.29 Å². The van der Waals surface area contributed by atoms with E-state index in [2.05, 4.69) is 13.8 Å². The lowest BCUT2D eigenvalue weighted by Crippen LogP contribution is -2.40. The molecule has 1 aliphatic carbocycles. The topological polar surface area (TPSA) is 35.5 Å². The first-order valence-corrected chi connectivity index (χ1v) is 6.08. The van der Waals surface area contributed by atoms with Crippen LogP contribution >= 0.6 is 0 Å². The van der Waals surface area contributed by atoms with Crippen molar-refractivity contribution < 1.29 is 14.3 Å². The molecule has 0 N–H and O–H groups in total. The van der Waals surface area contributed by atoms with E-state index in [4.69, 9.17) is 9.47 Å². The first kappa shape index (κ1) is 14.4. The monoisotopic (exact) mass is 240 g/mol. The number of carbonyl (C=O) groups is 1. The van der Waals surface area contributed by atoms with Gasteiger partial charge in [0.15, 0.2) is 5.79 Å². The first-order valence-electron chi connectivity index (χ1n) is 6.08. The molecule has 0 fully saturated rings. The quantitative estimate of drug-likeness (QED) is 0.430. The van der Waals surface area contributed by atoms with E-state index in [1.54, 1.807) is 7.11 Å². The molecule has 0 aromatic carbocycles. The van der Waals surface area contributed by atoms with E-state index in [0.29, 0.717) is 0 Å². The molecule has 98 valence electrons. The molecule has 0 heterocycles.